The van der Waals surface area contributed by atoms with E-state index in [-0.39, 0.29) is 24.0 Å². The Labute approximate surface area is 80.7 Å². The van der Waals surface area contributed by atoms with Crippen LogP contribution >= 0.6 is 12.6 Å². The van der Waals surface area contributed by atoms with Crippen molar-refractivity contribution >= 4 is 30.4 Å². The van der Waals surface area contributed by atoms with E-state index in [2.05, 4.69) is 23.3 Å². The van der Waals surface area contributed by atoms with Crippen molar-refractivity contribution in [1.29, 1.82) is 0 Å². The number of imide groups is 1. The minimum Gasteiger partial charge on any atom is -0.344 e. The van der Waals surface area contributed by atoms with Crippen LogP contribution < -0.4 is 10.6 Å². The molecule has 6 heteroatoms. The summed E-state index contributed by atoms with van der Waals surface area (Å²) in [5.41, 5.74) is 0. The molecule has 0 aromatic heterocycles. The van der Waals surface area contributed by atoms with Crippen LogP contribution in [0.5, 0.6) is 0 Å². The zero-order chi connectivity index (χ0) is 9.84. The van der Waals surface area contributed by atoms with Gasteiger partial charge in [0.1, 0.15) is 6.04 Å². The molecular weight excluding hydrogens is 192 g/mol. The number of thiol groups is 1. The molecular formula is C7H10N2O3S. The molecule has 5 nitrogen and oxygen atoms in total. The van der Waals surface area contributed by atoms with Gasteiger partial charge in [0.05, 0.1) is 5.75 Å². The third-order valence-corrected chi connectivity index (χ3v) is 2.01. The van der Waals surface area contributed by atoms with E-state index in [1.165, 1.54) is 0 Å². The number of carbonyl (C=O) groups is 3. The molecule has 1 heterocycles. The van der Waals surface area contributed by atoms with E-state index in [1.807, 2.05) is 0 Å². The van der Waals surface area contributed by atoms with Gasteiger partial charge in [-0.1, -0.05) is 0 Å². The molecule has 1 aliphatic rings. The van der Waals surface area contributed by atoms with E-state index >= 15 is 0 Å². The van der Waals surface area contributed by atoms with Crippen molar-refractivity contribution in [3.8, 4) is 0 Å². The first-order chi connectivity index (χ1) is 6.13. The topological polar surface area (TPSA) is 75.3 Å². The second-order valence-corrected chi connectivity index (χ2v) is 3.05. The van der Waals surface area contributed by atoms with Gasteiger partial charge in [0, 0.05) is 6.42 Å². The maximum absolute atomic E-state index is 11.1. The first-order valence-corrected chi connectivity index (χ1v) is 4.50. The van der Waals surface area contributed by atoms with Gasteiger partial charge in [0.2, 0.25) is 17.7 Å². The summed E-state index contributed by atoms with van der Waals surface area (Å²) >= 11 is 3.75. The van der Waals surface area contributed by atoms with Gasteiger partial charge in [-0.3, -0.25) is 19.7 Å². The van der Waals surface area contributed by atoms with Crippen molar-refractivity contribution in [2.75, 3.05) is 5.75 Å². The van der Waals surface area contributed by atoms with Gasteiger partial charge in [0.25, 0.3) is 0 Å². The van der Waals surface area contributed by atoms with Crippen LogP contribution in [0.15, 0.2) is 0 Å². The highest BCUT2D eigenvalue weighted by atomic mass is 32.1. The van der Waals surface area contributed by atoms with Gasteiger partial charge in [-0.2, -0.15) is 12.6 Å². The molecule has 1 fully saturated rings. The van der Waals surface area contributed by atoms with Crippen LogP contribution in [0.2, 0.25) is 0 Å². The Bertz CT molecular complexity index is 254. The molecule has 1 rings (SSSR count). The van der Waals surface area contributed by atoms with E-state index in [4.69, 9.17) is 0 Å². The molecule has 0 aromatic carbocycles. The Morgan fingerprint density at radius 3 is 2.85 bits per heavy atom. The summed E-state index contributed by atoms with van der Waals surface area (Å²) in [7, 11) is 0. The van der Waals surface area contributed by atoms with Gasteiger partial charge in [-0.25, -0.2) is 0 Å². The van der Waals surface area contributed by atoms with Gasteiger partial charge < -0.3 is 5.32 Å². The average molecular weight is 202 g/mol. The van der Waals surface area contributed by atoms with Crippen molar-refractivity contribution in [1.82, 2.24) is 10.6 Å². The van der Waals surface area contributed by atoms with E-state index in [0.29, 0.717) is 6.42 Å². The minimum atomic E-state index is -0.586. The average Bonchev–Trinajstić information content (AvgIpc) is 2.09. The lowest BCUT2D eigenvalue weighted by Crippen LogP contribution is -2.52. The summed E-state index contributed by atoms with van der Waals surface area (Å²) < 4.78 is 0. The third kappa shape index (κ3) is 2.73. The molecule has 0 spiro atoms. The number of amides is 3. The van der Waals surface area contributed by atoms with E-state index in [0.717, 1.165) is 0 Å². The standard InChI is InChI=1S/C7H10N2O3S/c10-5-2-1-4(7(12)9-5)8-6(11)3-13/h4,13H,1-3H2,(H,8,11)(H,9,10,12). The molecule has 3 amide bonds. The molecule has 1 unspecified atom stereocenters. The normalized spacial score (nSPS) is 22.4. The molecule has 0 radical (unpaired) electrons. The van der Waals surface area contributed by atoms with E-state index in [1.54, 1.807) is 0 Å². The van der Waals surface area contributed by atoms with Crippen molar-refractivity contribution in [3.05, 3.63) is 0 Å². The molecule has 13 heavy (non-hydrogen) atoms. The Kier molecular flexibility index (Phi) is 3.30. The first-order valence-electron chi connectivity index (χ1n) is 3.87. The van der Waals surface area contributed by atoms with Crippen LogP contribution in [0.1, 0.15) is 12.8 Å². The predicted molar refractivity (Wildman–Crippen MR) is 48.2 cm³/mol. The zero-order valence-corrected chi connectivity index (χ0v) is 7.77. The fourth-order valence-electron chi connectivity index (χ4n) is 1.07. The number of hydrogen-bond donors (Lipinski definition) is 3. The summed E-state index contributed by atoms with van der Waals surface area (Å²) in [6, 6.07) is -0.586. The summed E-state index contributed by atoms with van der Waals surface area (Å²) in [4.78, 5) is 32.7. The van der Waals surface area contributed by atoms with E-state index in [9.17, 15) is 14.4 Å². The first kappa shape index (κ1) is 10.0. The molecule has 0 aliphatic carbocycles. The quantitative estimate of drug-likeness (QED) is 0.390. The SMILES string of the molecule is O=C1CCC(NC(=O)CS)C(=O)N1. The Hall–Kier alpha value is -1.04. The van der Waals surface area contributed by atoms with Crippen LogP contribution in [0.3, 0.4) is 0 Å². The number of piperidine rings is 1. The second-order valence-electron chi connectivity index (χ2n) is 2.73. The highest BCUT2D eigenvalue weighted by molar-refractivity contribution is 7.81. The smallest absolute Gasteiger partial charge is 0.249 e. The summed E-state index contributed by atoms with van der Waals surface area (Å²) in [5, 5.41) is 4.60. The van der Waals surface area contributed by atoms with Crippen LogP contribution in [-0.2, 0) is 14.4 Å². The molecule has 72 valence electrons. The van der Waals surface area contributed by atoms with Gasteiger partial charge >= 0.3 is 0 Å². The Balaban J connectivity index is 2.47. The third-order valence-electron chi connectivity index (χ3n) is 1.72. The lowest BCUT2D eigenvalue weighted by Gasteiger charge is -2.21. The fourth-order valence-corrected chi connectivity index (χ4v) is 1.16. The highest BCUT2D eigenvalue weighted by Crippen LogP contribution is 2.03. The maximum Gasteiger partial charge on any atom is 0.249 e. The van der Waals surface area contributed by atoms with Gasteiger partial charge in [0.15, 0.2) is 0 Å². The Morgan fingerprint density at radius 1 is 1.62 bits per heavy atom. The van der Waals surface area contributed by atoms with Gasteiger partial charge in [-0.15, -0.1) is 0 Å². The molecule has 1 atom stereocenters. The monoisotopic (exact) mass is 202 g/mol. The number of nitrogens with one attached hydrogen (secondary N) is 2. The Morgan fingerprint density at radius 2 is 2.31 bits per heavy atom. The fraction of sp³-hybridized carbons (Fsp3) is 0.571. The molecule has 0 saturated carbocycles. The minimum absolute atomic E-state index is 0.0394. The van der Waals surface area contributed by atoms with Crippen molar-refractivity contribution in [2.24, 2.45) is 0 Å². The zero-order valence-electron chi connectivity index (χ0n) is 6.87. The number of hydrogen-bond acceptors (Lipinski definition) is 4. The van der Waals surface area contributed by atoms with Crippen LogP contribution in [0.25, 0.3) is 0 Å². The molecule has 1 aliphatic heterocycles. The largest absolute Gasteiger partial charge is 0.344 e. The number of carbonyl (C=O) groups excluding carboxylic acids is 3. The predicted octanol–water partition coefficient (Wildman–Crippen LogP) is -1.16. The molecule has 0 aromatic rings. The second kappa shape index (κ2) is 4.27. The lowest BCUT2D eigenvalue weighted by atomic mass is 10.1. The molecule has 2 N–H and O–H groups in total. The van der Waals surface area contributed by atoms with Crippen LogP contribution in [0, 0.1) is 0 Å². The van der Waals surface area contributed by atoms with Crippen molar-refractivity contribution in [3.63, 3.8) is 0 Å². The van der Waals surface area contributed by atoms with E-state index < -0.39 is 11.9 Å². The van der Waals surface area contributed by atoms with Gasteiger partial charge in [-0.05, 0) is 6.42 Å². The molecule has 0 bridgehead atoms. The summed E-state index contributed by atoms with van der Waals surface area (Å²) in [5.74, 6) is -0.997. The lowest BCUT2D eigenvalue weighted by molar-refractivity contribution is -0.136. The number of rotatable bonds is 2. The van der Waals surface area contributed by atoms with Crippen LogP contribution in [0.4, 0.5) is 0 Å². The van der Waals surface area contributed by atoms with Crippen LogP contribution in [-0.4, -0.2) is 29.5 Å². The summed E-state index contributed by atoms with van der Waals surface area (Å²) in [6.45, 7) is 0. The van der Waals surface area contributed by atoms with Crippen molar-refractivity contribution in [2.45, 2.75) is 18.9 Å². The van der Waals surface area contributed by atoms with Crippen molar-refractivity contribution < 1.29 is 14.4 Å². The molecule has 1 saturated heterocycles. The summed E-state index contributed by atoms with van der Waals surface area (Å²) in [6.07, 6.45) is 0.632. The highest BCUT2D eigenvalue weighted by Gasteiger charge is 2.27. The maximum atomic E-state index is 11.1.